The predicted octanol–water partition coefficient (Wildman–Crippen LogP) is 5.38. The van der Waals surface area contributed by atoms with E-state index in [1.54, 1.807) is 0 Å². The number of hydrogen-bond acceptors (Lipinski definition) is 1. The molecule has 2 aromatic carbocycles. The highest BCUT2D eigenvalue weighted by Crippen LogP contribution is 2.37. The largest absolute Gasteiger partial charge is 0.573 e. The van der Waals surface area contributed by atoms with Crippen LogP contribution in [-0.4, -0.2) is 6.36 Å². The van der Waals surface area contributed by atoms with E-state index in [2.05, 4.69) is 4.74 Å². The minimum absolute atomic E-state index is 0.143. The van der Waals surface area contributed by atoms with Gasteiger partial charge >= 0.3 is 6.36 Å². The van der Waals surface area contributed by atoms with Crippen molar-refractivity contribution in [2.24, 2.45) is 0 Å². The van der Waals surface area contributed by atoms with E-state index in [1.807, 2.05) is 0 Å². The van der Waals surface area contributed by atoms with E-state index >= 15 is 0 Å². The Bertz CT molecular complexity index is 622. The van der Waals surface area contributed by atoms with Gasteiger partial charge in [-0.15, -0.1) is 13.2 Å². The van der Waals surface area contributed by atoms with Gasteiger partial charge in [-0.25, -0.2) is 0 Å². The highest BCUT2D eigenvalue weighted by molar-refractivity contribution is 6.30. The molecule has 0 fully saturated rings. The standard InChI is InChI=1S/C14H8ClF5O/c15-11-3-1-2-10(8-11)13(16,17)9-4-6-12(7-5-9)21-14(18,19)20/h1-8H. The van der Waals surface area contributed by atoms with Crippen molar-refractivity contribution >= 4 is 11.6 Å². The second kappa shape index (κ2) is 5.52. The molecular weight excluding hydrogens is 315 g/mol. The second-order valence-electron chi connectivity index (χ2n) is 4.16. The molecule has 0 unspecified atom stereocenters. The third-order valence-electron chi connectivity index (χ3n) is 2.64. The average molecular weight is 323 g/mol. The molecule has 21 heavy (non-hydrogen) atoms. The zero-order chi connectivity index (χ0) is 15.7. The van der Waals surface area contributed by atoms with E-state index in [-0.39, 0.29) is 10.6 Å². The summed E-state index contributed by atoms with van der Waals surface area (Å²) >= 11 is 5.66. The van der Waals surface area contributed by atoms with Crippen LogP contribution in [0.15, 0.2) is 48.5 Å². The monoisotopic (exact) mass is 322 g/mol. The molecule has 0 aromatic heterocycles. The third kappa shape index (κ3) is 3.85. The van der Waals surface area contributed by atoms with Crippen molar-refractivity contribution in [1.29, 1.82) is 0 Å². The lowest BCUT2D eigenvalue weighted by atomic mass is 10.0. The van der Waals surface area contributed by atoms with Crippen LogP contribution in [0.25, 0.3) is 0 Å². The van der Waals surface area contributed by atoms with Crippen LogP contribution >= 0.6 is 11.6 Å². The quantitative estimate of drug-likeness (QED) is 0.689. The maximum absolute atomic E-state index is 14.2. The van der Waals surface area contributed by atoms with Crippen LogP contribution < -0.4 is 4.74 Å². The van der Waals surface area contributed by atoms with E-state index in [4.69, 9.17) is 11.6 Å². The lowest BCUT2D eigenvalue weighted by Crippen LogP contribution is -2.18. The molecule has 0 amide bonds. The van der Waals surface area contributed by atoms with Crippen molar-refractivity contribution in [3.05, 3.63) is 64.7 Å². The summed E-state index contributed by atoms with van der Waals surface area (Å²) in [6.07, 6.45) is -4.86. The van der Waals surface area contributed by atoms with Crippen molar-refractivity contribution in [2.45, 2.75) is 12.3 Å². The minimum Gasteiger partial charge on any atom is -0.406 e. The molecule has 0 atom stereocenters. The first kappa shape index (κ1) is 15.6. The van der Waals surface area contributed by atoms with E-state index in [0.29, 0.717) is 0 Å². The molecule has 0 saturated heterocycles. The van der Waals surface area contributed by atoms with Crippen molar-refractivity contribution in [3.63, 3.8) is 0 Å². The fourth-order valence-electron chi connectivity index (χ4n) is 1.72. The molecule has 0 spiro atoms. The summed E-state index contributed by atoms with van der Waals surface area (Å²) < 4.78 is 68.1. The Hall–Kier alpha value is -1.82. The molecule has 2 aromatic rings. The molecule has 2 rings (SSSR count). The van der Waals surface area contributed by atoms with Crippen LogP contribution in [0.2, 0.25) is 5.02 Å². The van der Waals surface area contributed by atoms with Gasteiger partial charge in [0.05, 0.1) is 0 Å². The first-order valence-electron chi connectivity index (χ1n) is 5.68. The van der Waals surface area contributed by atoms with Crippen LogP contribution in [-0.2, 0) is 5.92 Å². The van der Waals surface area contributed by atoms with Gasteiger partial charge in [0.1, 0.15) is 5.75 Å². The summed E-state index contributed by atoms with van der Waals surface area (Å²) in [5.41, 5.74) is -0.807. The molecule has 1 nitrogen and oxygen atoms in total. The van der Waals surface area contributed by atoms with Crippen LogP contribution in [0.5, 0.6) is 5.75 Å². The van der Waals surface area contributed by atoms with Gasteiger partial charge in [-0.05, 0) is 36.4 Å². The number of hydrogen-bond donors (Lipinski definition) is 0. The van der Waals surface area contributed by atoms with Crippen LogP contribution in [0.1, 0.15) is 11.1 Å². The summed E-state index contributed by atoms with van der Waals surface area (Å²) in [4.78, 5) is 0. The van der Waals surface area contributed by atoms with E-state index in [9.17, 15) is 22.0 Å². The molecule has 0 aliphatic rings. The highest BCUT2D eigenvalue weighted by atomic mass is 35.5. The summed E-state index contributed by atoms with van der Waals surface area (Å²) in [5, 5.41) is 0.143. The number of alkyl halides is 5. The second-order valence-corrected chi connectivity index (χ2v) is 4.59. The Kier molecular flexibility index (Phi) is 4.09. The molecular formula is C14H8ClF5O. The molecule has 0 heterocycles. The topological polar surface area (TPSA) is 9.23 Å². The van der Waals surface area contributed by atoms with E-state index < -0.39 is 23.6 Å². The van der Waals surface area contributed by atoms with Crippen LogP contribution in [0.3, 0.4) is 0 Å². The molecule has 0 aliphatic heterocycles. The van der Waals surface area contributed by atoms with Gasteiger partial charge in [-0.1, -0.05) is 23.7 Å². The van der Waals surface area contributed by atoms with Gasteiger partial charge in [0.15, 0.2) is 0 Å². The molecule has 112 valence electrons. The summed E-state index contributed by atoms with van der Waals surface area (Å²) in [6, 6.07) is 8.52. The third-order valence-corrected chi connectivity index (χ3v) is 2.87. The highest BCUT2D eigenvalue weighted by Gasteiger charge is 2.35. The number of benzene rings is 2. The van der Waals surface area contributed by atoms with Crippen LogP contribution in [0, 0.1) is 0 Å². The molecule has 0 radical (unpaired) electrons. The lowest BCUT2D eigenvalue weighted by molar-refractivity contribution is -0.274. The molecule has 7 heteroatoms. The Morgan fingerprint density at radius 2 is 1.43 bits per heavy atom. The summed E-state index contributed by atoms with van der Waals surface area (Å²) in [7, 11) is 0. The molecule has 0 saturated carbocycles. The SMILES string of the molecule is FC(F)(F)Oc1ccc(C(F)(F)c2cccc(Cl)c2)cc1. The minimum atomic E-state index is -4.86. The number of ether oxygens (including phenoxy) is 1. The summed E-state index contributed by atoms with van der Waals surface area (Å²) in [6.45, 7) is 0. The Morgan fingerprint density at radius 3 is 1.95 bits per heavy atom. The van der Waals surface area contributed by atoms with Crippen molar-refractivity contribution in [2.75, 3.05) is 0 Å². The fraction of sp³-hybridized carbons (Fsp3) is 0.143. The fourth-order valence-corrected chi connectivity index (χ4v) is 1.91. The van der Waals surface area contributed by atoms with Crippen LogP contribution in [0.4, 0.5) is 22.0 Å². The van der Waals surface area contributed by atoms with Gasteiger partial charge in [-0.3, -0.25) is 0 Å². The van der Waals surface area contributed by atoms with Gasteiger partial charge in [-0.2, -0.15) is 8.78 Å². The Balaban J connectivity index is 2.29. The first-order chi connectivity index (χ1) is 9.68. The van der Waals surface area contributed by atoms with Gasteiger partial charge < -0.3 is 4.74 Å². The van der Waals surface area contributed by atoms with E-state index in [0.717, 1.165) is 30.3 Å². The molecule has 0 N–H and O–H groups in total. The molecule has 0 aliphatic carbocycles. The van der Waals surface area contributed by atoms with Crippen molar-refractivity contribution in [3.8, 4) is 5.75 Å². The predicted molar refractivity (Wildman–Crippen MR) is 67.6 cm³/mol. The average Bonchev–Trinajstić information content (AvgIpc) is 2.37. The Morgan fingerprint density at radius 1 is 0.810 bits per heavy atom. The normalized spacial score (nSPS) is 12.3. The first-order valence-corrected chi connectivity index (χ1v) is 6.06. The zero-order valence-corrected chi connectivity index (χ0v) is 11.1. The van der Waals surface area contributed by atoms with E-state index in [1.165, 1.54) is 18.2 Å². The van der Waals surface area contributed by atoms with Gasteiger partial charge in [0.25, 0.3) is 5.92 Å². The van der Waals surface area contributed by atoms with Gasteiger partial charge in [0.2, 0.25) is 0 Å². The number of halogens is 6. The number of rotatable bonds is 3. The maximum Gasteiger partial charge on any atom is 0.573 e. The maximum atomic E-state index is 14.2. The Labute approximate surface area is 121 Å². The van der Waals surface area contributed by atoms with Gasteiger partial charge in [0, 0.05) is 16.1 Å². The lowest BCUT2D eigenvalue weighted by Gasteiger charge is -2.18. The summed E-state index contributed by atoms with van der Waals surface area (Å²) in [5.74, 6) is -3.94. The molecule has 0 bridgehead atoms. The van der Waals surface area contributed by atoms with Crippen molar-refractivity contribution < 1.29 is 26.7 Å². The zero-order valence-electron chi connectivity index (χ0n) is 10.3. The van der Waals surface area contributed by atoms with Crippen molar-refractivity contribution in [1.82, 2.24) is 0 Å². The smallest absolute Gasteiger partial charge is 0.406 e.